The van der Waals surface area contributed by atoms with Crippen LogP contribution in [0.3, 0.4) is 0 Å². The lowest BCUT2D eigenvalue weighted by molar-refractivity contribution is 0.0457. The van der Waals surface area contributed by atoms with Gasteiger partial charge in [0.1, 0.15) is 17.4 Å². The minimum absolute atomic E-state index is 0.147. The molecular formula is C13H14N4O2. The normalized spacial score (nSPS) is 21.3. The second-order valence-electron chi connectivity index (χ2n) is 4.47. The lowest BCUT2D eigenvalue weighted by Gasteiger charge is -2.33. The predicted octanol–water partition coefficient (Wildman–Crippen LogP) is 0.269. The maximum atomic E-state index is 12.8. The topological polar surface area (TPSA) is 61.9 Å². The molecular weight excluding hydrogens is 244 g/mol. The molecule has 0 saturated carbocycles. The molecule has 0 radical (unpaired) electrons. The first-order valence-corrected chi connectivity index (χ1v) is 5.91. The van der Waals surface area contributed by atoms with E-state index in [4.69, 9.17) is 15.3 Å². The van der Waals surface area contributed by atoms with Gasteiger partial charge in [-0.05, 0) is 0 Å². The number of ether oxygens (including phenoxy) is 1. The SMILES string of the molecule is [2H]C([2H])([2H])n1c(=O)n(C2(C#C)CCOCC2)c2ncncc21. The average molecular weight is 261 g/mol. The summed E-state index contributed by atoms with van der Waals surface area (Å²) in [6.45, 7) is -1.82. The average Bonchev–Trinajstić information content (AvgIpc) is 2.80. The molecule has 0 spiro atoms. The Bertz CT molecular complexity index is 809. The summed E-state index contributed by atoms with van der Waals surface area (Å²) in [6, 6.07) is 0. The largest absolute Gasteiger partial charge is 0.381 e. The van der Waals surface area contributed by atoms with Crippen LogP contribution in [0.2, 0.25) is 0 Å². The Labute approximate surface area is 114 Å². The molecule has 19 heavy (non-hydrogen) atoms. The smallest absolute Gasteiger partial charge is 0.331 e. The quantitative estimate of drug-likeness (QED) is 0.691. The van der Waals surface area contributed by atoms with Gasteiger partial charge in [0.15, 0.2) is 5.65 Å². The monoisotopic (exact) mass is 261 g/mol. The molecule has 6 nitrogen and oxygen atoms in total. The second kappa shape index (κ2) is 4.21. The Kier molecular flexibility index (Phi) is 1.97. The first kappa shape index (κ1) is 8.88. The second-order valence-corrected chi connectivity index (χ2v) is 4.47. The molecule has 98 valence electrons. The van der Waals surface area contributed by atoms with Crippen molar-refractivity contribution in [3.05, 3.63) is 23.0 Å². The van der Waals surface area contributed by atoms with Gasteiger partial charge in [0.05, 0.1) is 6.20 Å². The van der Waals surface area contributed by atoms with E-state index in [1.807, 2.05) is 0 Å². The van der Waals surface area contributed by atoms with Crippen molar-refractivity contribution in [3.8, 4) is 12.3 Å². The van der Waals surface area contributed by atoms with E-state index in [1.165, 1.54) is 17.1 Å². The van der Waals surface area contributed by atoms with Crippen molar-refractivity contribution in [2.75, 3.05) is 13.2 Å². The zero-order valence-electron chi connectivity index (χ0n) is 13.2. The summed E-state index contributed by atoms with van der Waals surface area (Å²) in [5, 5.41) is 0. The van der Waals surface area contributed by atoms with Gasteiger partial charge in [0, 0.05) is 37.1 Å². The van der Waals surface area contributed by atoms with Gasteiger partial charge in [-0.15, -0.1) is 6.42 Å². The lowest BCUT2D eigenvalue weighted by atomic mass is 9.91. The molecule has 1 aliphatic heterocycles. The summed E-state index contributed by atoms with van der Waals surface area (Å²) in [7, 11) is 0. The third kappa shape index (κ3) is 1.59. The van der Waals surface area contributed by atoms with E-state index in [1.54, 1.807) is 0 Å². The molecule has 0 unspecified atom stereocenters. The van der Waals surface area contributed by atoms with Gasteiger partial charge in [-0.25, -0.2) is 14.8 Å². The number of rotatable bonds is 1. The van der Waals surface area contributed by atoms with E-state index in [2.05, 4.69) is 15.9 Å². The standard InChI is InChI=1S/C13H14N4O2/c1-3-13(4-6-19-7-5-13)17-11-10(8-14-9-15-11)16(2)12(17)18/h1,8-9H,4-7H2,2H3/i2D3. The van der Waals surface area contributed by atoms with Crippen LogP contribution in [0, 0.1) is 12.3 Å². The number of hydrogen-bond acceptors (Lipinski definition) is 4. The molecule has 0 N–H and O–H groups in total. The van der Waals surface area contributed by atoms with Crippen LogP contribution >= 0.6 is 0 Å². The maximum absolute atomic E-state index is 12.8. The van der Waals surface area contributed by atoms with Gasteiger partial charge in [0.2, 0.25) is 0 Å². The van der Waals surface area contributed by atoms with Crippen molar-refractivity contribution < 1.29 is 8.85 Å². The van der Waals surface area contributed by atoms with Gasteiger partial charge in [-0.1, -0.05) is 5.92 Å². The van der Waals surface area contributed by atoms with Crippen molar-refractivity contribution in [1.82, 2.24) is 19.1 Å². The molecule has 1 saturated heterocycles. The number of aryl methyl sites for hydroxylation is 1. The van der Waals surface area contributed by atoms with Gasteiger partial charge < -0.3 is 4.74 Å². The van der Waals surface area contributed by atoms with Gasteiger partial charge in [-0.3, -0.25) is 9.13 Å². The first-order valence-electron chi connectivity index (χ1n) is 7.41. The highest BCUT2D eigenvalue weighted by molar-refractivity contribution is 5.70. The van der Waals surface area contributed by atoms with Crippen molar-refractivity contribution in [3.63, 3.8) is 0 Å². The molecule has 3 rings (SSSR count). The number of fused-ring (bicyclic) bond motifs is 1. The predicted molar refractivity (Wildman–Crippen MR) is 69.6 cm³/mol. The zero-order valence-corrected chi connectivity index (χ0v) is 10.2. The number of nitrogens with zero attached hydrogens (tertiary/aromatic N) is 4. The van der Waals surface area contributed by atoms with Crippen LogP contribution in [-0.4, -0.2) is 32.3 Å². The van der Waals surface area contributed by atoms with Crippen molar-refractivity contribution in [2.24, 2.45) is 6.98 Å². The van der Waals surface area contributed by atoms with Crippen LogP contribution in [0.4, 0.5) is 0 Å². The van der Waals surface area contributed by atoms with Crippen molar-refractivity contribution in [2.45, 2.75) is 18.4 Å². The van der Waals surface area contributed by atoms with Crippen LogP contribution in [-0.2, 0) is 17.3 Å². The molecule has 6 heteroatoms. The number of aromatic nitrogens is 4. The Balaban J connectivity index is 2.38. The summed E-state index contributed by atoms with van der Waals surface area (Å²) < 4.78 is 30.1. The van der Waals surface area contributed by atoms with E-state index >= 15 is 0 Å². The Morgan fingerprint density at radius 3 is 3.05 bits per heavy atom. The van der Waals surface area contributed by atoms with E-state index in [9.17, 15) is 4.79 Å². The molecule has 2 aromatic heterocycles. The highest BCUT2D eigenvalue weighted by Gasteiger charge is 2.36. The molecule has 3 heterocycles. The molecule has 1 aliphatic rings. The number of hydrogen-bond donors (Lipinski definition) is 0. The highest BCUT2D eigenvalue weighted by Crippen LogP contribution is 2.29. The van der Waals surface area contributed by atoms with Crippen molar-refractivity contribution >= 4 is 11.2 Å². The minimum atomic E-state index is -2.63. The van der Waals surface area contributed by atoms with Gasteiger partial charge in [-0.2, -0.15) is 0 Å². The summed E-state index contributed by atoms with van der Waals surface area (Å²) in [6.07, 6.45) is 9.12. The van der Waals surface area contributed by atoms with E-state index in [0.29, 0.717) is 26.1 Å². The molecule has 0 aliphatic carbocycles. The number of imidazole rings is 1. The molecule has 1 fully saturated rings. The summed E-state index contributed by atoms with van der Waals surface area (Å²) in [5.74, 6) is 2.66. The molecule has 0 aromatic carbocycles. The van der Waals surface area contributed by atoms with Crippen LogP contribution in [0.1, 0.15) is 17.0 Å². The summed E-state index contributed by atoms with van der Waals surface area (Å²) in [5.41, 5.74) is -1.25. The summed E-state index contributed by atoms with van der Waals surface area (Å²) >= 11 is 0. The van der Waals surface area contributed by atoms with Crippen LogP contribution in [0.15, 0.2) is 17.3 Å². The van der Waals surface area contributed by atoms with E-state index in [-0.39, 0.29) is 11.2 Å². The molecule has 0 bridgehead atoms. The van der Waals surface area contributed by atoms with E-state index in [0.717, 1.165) is 4.57 Å². The molecule has 0 atom stereocenters. The Hall–Kier alpha value is -2.13. The van der Waals surface area contributed by atoms with Crippen LogP contribution in [0.25, 0.3) is 11.2 Å². The Morgan fingerprint density at radius 1 is 1.58 bits per heavy atom. The number of terminal acetylenes is 1. The maximum Gasteiger partial charge on any atom is 0.331 e. The molecule has 2 aromatic rings. The van der Waals surface area contributed by atoms with Gasteiger partial charge >= 0.3 is 5.69 Å². The fourth-order valence-electron chi connectivity index (χ4n) is 2.47. The third-order valence-corrected chi connectivity index (χ3v) is 3.52. The van der Waals surface area contributed by atoms with Crippen LogP contribution < -0.4 is 5.69 Å². The zero-order chi connectivity index (χ0) is 16.0. The first-order chi connectivity index (χ1) is 10.4. The minimum Gasteiger partial charge on any atom is -0.381 e. The third-order valence-electron chi connectivity index (χ3n) is 3.52. The molecule has 0 amide bonds. The lowest BCUT2D eigenvalue weighted by Crippen LogP contribution is -2.44. The fourth-order valence-corrected chi connectivity index (χ4v) is 2.47. The van der Waals surface area contributed by atoms with E-state index < -0.39 is 18.2 Å². The Morgan fingerprint density at radius 2 is 2.37 bits per heavy atom. The highest BCUT2D eigenvalue weighted by atomic mass is 16.5. The fraction of sp³-hybridized carbons (Fsp3) is 0.462. The summed E-state index contributed by atoms with van der Waals surface area (Å²) in [4.78, 5) is 20.7. The van der Waals surface area contributed by atoms with Crippen LogP contribution in [0.5, 0.6) is 0 Å². The van der Waals surface area contributed by atoms with Crippen molar-refractivity contribution in [1.29, 1.82) is 0 Å². The van der Waals surface area contributed by atoms with Gasteiger partial charge in [0.25, 0.3) is 0 Å².